The van der Waals surface area contributed by atoms with E-state index in [-0.39, 0.29) is 0 Å². The smallest absolute Gasteiger partial charge is 0.347 e. The van der Waals surface area contributed by atoms with Crippen LogP contribution in [-0.2, 0) is 9.53 Å². The first kappa shape index (κ1) is 32.3. The van der Waals surface area contributed by atoms with Crippen LogP contribution in [0.5, 0.6) is 17.2 Å². The van der Waals surface area contributed by atoms with E-state index in [0.717, 1.165) is 60.5 Å². The maximum Gasteiger partial charge on any atom is 0.347 e. The molecule has 1 fully saturated rings. The zero-order chi connectivity index (χ0) is 31.4. The molecule has 0 amide bonds. The van der Waals surface area contributed by atoms with Crippen molar-refractivity contribution in [3.63, 3.8) is 0 Å². The van der Waals surface area contributed by atoms with Gasteiger partial charge in [0, 0.05) is 0 Å². The summed E-state index contributed by atoms with van der Waals surface area (Å²) in [5, 5.41) is 0. The highest BCUT2D eigenvalue weighted by Crippen LogP contribution is 2.45. The van der Waals surface area contributed by atoms with Gasteiger partial charge in [-0.3, -0.25) is 0 Å². The van der Waals surface area contributed by atoms with Crippen LogP contribution in [0, 0.1) is 17.8 Å². The number of ether oxygens (including phenoxy) is 4. The van der Waals surface area contributed by atoms with Crippen LogP contribution >= 0.6 is 0 Å². The van der Waals surface area contributed by atoms with Crippen LogP contribution in [0.25, 0.3) is 11.1 Å². The molecule has 45 heavy (non-hydrogen) atoms. The summed E-state index contributed by atoms with van der Waals surface area (Å²) in [4.78, 5) is 24.7. The molecule has 0 saturated heterocycles. The second-order valence-corrected chi connectivity index (χ2v) is 12.3. The fraction of sp³-hybridized carbons (Fsp3) is 0.436. The van der Waals surface area contributed by atoms with Gasteiger partial charge in [-0.05, 0) is 116 Å². The standard InChI is InChI=1S/C39H46O6/c1-3-4-24-43-38(40)28(2)44-36-20-22-37(23-21-36)45-39(41)32-14-12-30(13-15-32)31-16-18-35(19-17-31)42-25-8-6-5-7-9-33-26-29-10-11-34(33)27-29/h10-23,28-29,33-34H,3-9,24-27H2,1-2H3/t28-,29?,33?,34?/m1/s1. The SMILES string of the molecule is CCCCOC(=O)[C@@H](C)Oc1ccc(OC(=O)c2ccc(-c3ccc(OCCCCCCC4CC5C=CC4C5)cc3)cc2)cc1. The molecule has 6 nitrogen and oxygen atoms in total. The summed E-state index contributed by atoms with van der Waals surface area (Å²) in [6.45, 7) is 4.82. The number of allylic oxidation sites excluding steroid dienone is 2. The molecule has 2 aliphatic rings. The molecular formula is C39H46O6. The van der Waals surface area contributed by atoms with Crippen molar-refractivity contribution in [1.29, 1.82) is 0 Å². The largest absolute Gasteiger partial charge is 0.494 e. The van der Waals surface area contributed by atoms with E-state index in [9.17, 15) is 9.59 Å². The molecule has 0 heterocycles. The van der Waals surface area contributed by atoms with Crippen molar-refractivity contribution >= 4 is 11.9 Å². The minimum atomic E-state index is -0.725. The second kappa shape index (κ2) is 16.3. The van der Waals surface area contributed by atoms with E-state index in [1.807, 2.05) is 43.3 Å². The van der Waals surface area contributed by atoms with E-state index in [1.54, 1.807) is 43.3 Å². The van der Waals surface area contributed by atoms with E-state index >= 15 is 0 Å². The number of carbonyl (C=O) groups excluding carboxylic acids is 2. The van der Waals surface area contributed by atoms with Gasteiger partial charge in [0.1, 0.15) is 17.2 Å². The molecule has 6 heteroatoms. The Kier molecular flexibility index (Phi) is 11.7. The summed E-state index contributed by atoms with van der Waals surface area (Å²) in [5.41, 5.74) is 2.51. The maximum absolute atomic E-state index is 12.7. The van der Waals surface area contributed by atoms with Crippen molar-refractivity contribution in [2.75, 3.05) is 13.2 Å². The van der Waals surface area contributed by atoms with E-state index in [1.165, 1.54) is 38.5 Å². The first-order valence-corrected chi connectivity index (χ1v) is 16.7. The summed E-state index contributed by atoms with van der Waals surface area (Å²) < 4.78 is 22.3. The highest BCUT2D eigenvalue weighted by Gasteiger charge is 2.34. The Hall–Kier alpha value is -4.06. The summed E-state index contributed by atoms with van der Waals surface area (Å²) >= 11 is 0. The van der Waals surface area contributed by atoms with E-state index in [4.69, 9.17) is 18.9 Å². The van der Waals surface area contributed by atoms with Crippen molar-refractivity contribution in [3.8, 4) is 28.4 Å². The van der Waals surface area contributed by atoms with Crippen molar-refractivity contribution in [3.05, 3.63) is 90.5 Å². The van der Waals surface area contributed by atoms with E-state index in [0.29, 0.717) is 23.7 Å². The molecule has 0 N–H and O–H groups in total. The second-order valence-electron chi connectivity index (χ2n) is 12.3. The third-order valence-corrected chi connectivity index (χ3v) is 8.88. The number of hydrogen-bond donors (Lipinski definition) is 0. The minimum absolute atomic E-state index is 0.388. The zero-order valence-corrected chi connectivity index (χ0v) is 26.6. The van der Waals surface area contributed by atoms with Gasteiger partial charge in [-0.1, -0.05) is 69.0 Å². The average Bonchev–Trinajstić information content (AvgIpc) is 3.69. The molecule has 0 spiro atoms. The molecule has 5 rings (SSSR count). The number of esters is 2. The number of carbonyl (C=O) groups is 2. The Labute approximate surface area is 267 Å². The lowest BCUT2D eigenvalue weighted by Gasteiger charge is -2.17. The fourth-order valence-corrected chi connectivity index (χ4v) is 6.26. The van der Waals surface area contributed by atoms with Crippen molar-refractivity contribution in [2.24, 2.45) is 17.8 Å². The molecule has 3 unspecified atom stereocenters. The van der Waals surface area contributed by atoms with Crippen LogP contribution < -0.4 is 14.2 Å². The van der Waals surface area contributed by atoms with Crippen molar-refractivity contribution < 1.29 is 28.5 Å². The molecule has 1 saturated carbocycles. The first-order chi connectivity index (χ1) is 22.0. The number of benzene rings is 3. The van der Waals surface area contributed by atoms with Gasteiger partial charge >= 0.3 is 11.9 Å². The monoisotopic (exact) mass is 610 g/mol. The van der Waals surface area contributed by atoms with Crippen LogP contribution in [-0.4, -0.2) is 31.3 Å². The first-order valence-electron chi connectivity index (χ1n) is 16.7. The maximum atomic E-state index is 12.7. The summed E-state index contributed by atoms with van der Waals surface area (Å²) in [7, 11) is 0. The van der Waals surface area contributed by atoms with Crippen LogP contribution in [0.2, 0.25) is 0 Å². The lowest BCUT2D eigenvalue weighted by atomic mass is 9.88. The minimum Gasteiger partial charge on any atom is -0.494 e. The predicted octanol–water partition coefficient (Wildman–Crippen LogP) is 9.22. The molecule has 2 aliphatic carbocycles. The Morgan fingerprint density at radius 3 is 2.07 bits per heavy atom. The summed E-state index contributed by atoms with van der Waals surface area (Å²) in [6.07, 6.45) is 15.1. The van der Waals surface area contributed by atoms with E-state index < -0.39 is 18.0 Å². The zero-order valence-electron chi connectivity index (χ0n) is 26.6. The lowest BCUT2D eigenvalue weighted by molar-refractivity contribution is -0.151. The van der Waals surface area contributed by atoms with Gasteiger partial charge in [-0.25, -0.2) is 9.59 Å². The van der Waals surface area contributed by atoms with E-state index in [2.05, 4.69) is 12.2 Å². The van der Waals surface area contributed by atoms with Crippen LogP contribution in [0.4, 0.5) is 0 Å². The van der Waals surface area contributed by atoms with Gasteiger partial charge in [0.15, 0.2) is 6.10 Å². The molecule has 3 aromatic rings. The van der Waals surface area contributed by atoms with Gasteiger partial charge in [-0.2, -0.15) is 0 Å². The highest BCUT2D eigenvalue weighted by atomic mass is 16.6. The molecule has 0 radical (unpaired) electrons. The fourth-order valence-electron chi connectivity index (χ4n) is 6.26. The Morgan fingerprint density at radius 1 is 0.733 bits per heavy atom. The number of rotatable bonds is 17. The van der Waals surface area contributed by atoms with Crippen molar-refractivity contribution in [2.45, 2.75) is 77.7 Å². The highest BCUT2D eigenvalue weighted by molar-refractivity contribution is 5.91. The Bertz CT molecular complexity index is 1390. The predicted molar refractivity (Wildman–Crippen MR) is 177 cm³/mol. The van der Waals surface area contributed by atoms with Gasteiger partial charge in [0.2, 0.25) is 0 Å². The molecule has 238 valence electrons. The average molecular weight is 611 g/mol. The van der Waals surface area contributed by atoms with Gasteiger partial charge in [0.25, 0.3) is 0 Å². The van der Waals surface area contributed by atoms with Crippen molar-refractivity contribution in [1.82, 2.24) is 0 Å². The van der Waals surface area contributed by atoms with Gasteiger partial charge in [-0.15, -0.1) is 0 Å². The van der Waals surface area contributed by atoms with Crippen LogP contribution in [0.3, 0.4) is 0 Å². The molecule has 0 aromatic heterocycles. The number of fused-ring (bicyclic) bond motifs is 2. The molecule has 2 bridgehead atoms. The van der Waals surface area contributed by atoms with Gasteiger partial charge in [0.05, 0.1) is 18.8 Å². The topological polar surface area (TPSA) is 71.1 Å². The number of hydrogen-bond acceptors (Lipinski definition) is 6. The Morgan fingerprint density at radius 2 is 1.40 bits per heavy atom. The Balaban J connectivity index is 0.997. The lowest BCUT2D eigenvalue weighted by Crippen LogP contribution is -2.26. The van der Waals surface area contributed by atoms with Gasteiger partial charge < -0.3 is 18.9 Å². The normalized spacial score (nSPS) is 18.8. The summed E-state index contributed by atoms with van der Waals surface area (Å²) in [5.74, 6) is 3.60. The third-order valence-electron chi connectivity index (χ3n) is 8.88. The molecule has 0 aliphatic heterocycles. The number of unbranched alkanes of at least 4 members (excludes halogenated alkanes) is 4. The molecular weight excluding hydrogens is 564 g/mol. The summed E-state index contributed by atoms with van der Waals surface area (Å²) in [6, 6.07) is 22.0. The molecule has 4 atom stereocenters. The quantitative estimate of drug-likeness (QED) is 0.0657. The van der Waals surface area contributed by atoms with Crippen LogP contribution in [0.15, 0.2) is 84.9 Å². The molecule has 3 aromatic carbocycles. The van der Waals surface area contributed by atoms with Crippen LogP contribution in [0.1, 0.15) is 82.0 Å². The third kappa shape index (κ3) is 9.46.